The lowest BCUT2D eigenvalue weighted by molar-refractivity contribution is 0.271. The van der Waals surface area contributed by atoms with Crippen LogP contribution in [-0.2, 0) is 6.54 Å². The molecule has 0 amide bonds. The first kappa shape index (κ1) is 9.02. The molecule has 4 heteroatoms. The first-order valence-corrected chi connectivity index (χ1v) is 4.59. The molecule has 1 aromatic heterocycles. The van der Waals surface area contributed by atoms with Gasteiger partial charge in [0.2, 0.25) is 0 Å². The second-order valence-electron chi connectivity index (χ2n) is 3.11. The van der Waals surface area contributed by atoms with Gasteiger partial charge in [0.05, 0.1) is 24.9 Å². The van der Waals surface area contributed by atoms with Crippen molar-refractivity contribution >= 4 is 16.6 Å². The molecular weight excluding hydrogens is 178 g/mol. The van der Waals surface area contributed by atoms with Gasteiger partial charge in [-0.05, 0) is 18.2 Å². The summed E-state index contributed by atoms with van der Waals surface area (Å²) in [7, 11) is 1.89. The largest absolute Gasteiger partial charge is 0.394 e. The molecule has 0 aliphatic rings. The van der Waals surface area contributed by atoms with Gasteiger partial charge < -0.3 is 10.4 Å². The molecule has 2 aromatic rings. The molecule has 1 aromatic carbocycles. The van der Waals surface area contributed by atoms with Crippen molar-refractivity contribution in [3.63, 3.8) is 0 Å². The lowest BCUT2D eigenvalue weighted by Gasteiger charge is -2.02. The summed E-state index contributed by atoms with van der Waals surface area (Å²) >= 11 is 0. The highest BCUT2D eigenvalue weighted by Crippen LogP contribution is 2.18. The van der Waals surface area contributed by atoms with Crippen LogP contribution in [0.1, 0.15) is 0 Å². The Bertz CT molecular complexity index is 436. The first-order chi connectivity index (χ1) is 6.85. The van der Waals surface area contributed by atoms with Crippen molar-refractivity contribution in [2.24, 2.45) is 0 Å². The number of rotatable bonds is 3. The predicted octanol–water partition coefficient (Wildman–Crippen LogP) is 1.07. The molecule has 2 N–H and O–H groups in total. The predicted molar refractivity (Wildman–Crippen MR) is 56.4 cm³/mol. The van der Waals surface area contributed by atoms with Crippen LogP contribution in [0.3, 0.4) is 0 Å². The molecule has 2 rings (SSSR count). The Morgan fingerprint density at radius 2 is 2.36 bits per heavy atom. The number of aliphatic hydroxyl groups is 1. The molecule has 0 fully saturated rings. The Balaban J connectivity index is 2.48. The number of fused-ring (bicyclic) bond motifs is 1. The number of nitrogens with zero attached hydrogens (tertiary/aromatic N) is 2. The van der Waals surface area contributed by atoms with Gasteiger partial charge in [-0.2, -0.15) is 5.10 Å². The van der Waals surface area contributed by atoms with Crippen LogP contribution in [-0.4, -0.2) is 28.5 Å². The second kappa shape index (κ2) is 3.67. The molecule has 1 heterocycles. The maximum atomic E-state index is 8.83. The lowest BCUT2D eigenvalue weighted by atomic mass is 10.2. The maximum absolute atomic E-state index is 8.83. The van der Waals surface area contributed by atoms with Gasteiger partial charge in [-0.1, -0.05) is 0 Å². The van der Waals surface area contributed by atoms with Crippen LogP contribution in [0.15, 0.2) is 24.4 Å². The monoisotopic (exact) mass is 191 g/mol. The van der Waals surface area contributed by atoms with Gasteiger partial charge >= 0.3 is 0 Å². The van der Waals surface area contributed by atoms with E-state index >= 15 is 0 Å². The highest BCUT2D eigenvalue weighted by Gasteiger charge is 2.01. The van der Waals surface area contributed by atoms with Crippen molar-refractivity contribution in [1.82, 2.24) is 9.78 Å². The van der Waals surface area contributed by atoms with Gasteiger partial charge in [0.25, 0.3) is 0 Å². The zero-order valence-corrected chi connectivity index (χ0v) is 8.07. The summed E-state index contributed by atoms with van der Waals surface area (Å²) in [6.07, 6.45) is 1.81. The molecule has 0 atom stereocenters. The summed E-state index contributed by atoms with van der Waals surface area (Å²) in [5.74, 6) is 0. The summed E-state index contributed by atoms with van der Waals surface area (Å²) < 4.78 is 1.80. The number of hydrogen-bond donors (Lipinski definition) is 2. The maximum Gasteiger partial charge on any atom is 0.0684 e. The molecule has 14 heavy (non-hydrogen) atoms. The first-order valence-electron chi connectivity index (χ1n) is 4.59. The topological polar surface area (TPSA) is 50.1 Å². The number of benzene rings is 1. The van der Waals surface area contributed by atoms with Crippen molar-refractivity contribution < 1.29 is 5.11 Å². The molecule has 0 spiro atoms. The van der Waals surface area contributed by atoms with Gasteiger partial charge in [-0.3, -0.25) is 4.68 Å². The third-order valence-corrected chi connectivity index (χ3v) is 2.24. The van der Waals surface area contributed by atoms with E-state index in [1.54, 1.807) is 4.68 Å². The smallest absolute Gasteiger partial charge is 0.0684 e. The second-order valence-corrected chi connectivity index (χ2v) is 3.11. The molecule has 0 bridgehead atoms. The third kappa shape index (κ3) is 1.44. The number of hydrogen-bond acceptors (Lipinski definition) is 3. The van der Waals surface area contributed by atoms with Crippen LogP contribution in [0.25, 0.3) is 10.9 Å². The Labute approximate surface area is 82.2 Å². The zero-order valence-electron chi connectivity index (χ0n) is 8.07. The fraction of sp³-hybridized carbons (Fsp3) is 0.300. The highest BCUT2D eigenvalue weighted by atomic mass is 16.3. The average molecular weight is 191 g/mol. The quantitative estimate of drug-likeness (QED) is 0.763. The van der Waals surface area contributed by atoms with Gasteiger partial charge in [0, 0.05) is 18.1 Å². The van der Waals surface area contributed by atoms with Crippen molar-refractivity contribution in [3.8, 4) is 0 Å². The molecular formula is C10H13N3O. The minimum atomic E-state index is 0.116. The van der Waals surface area contributed by atoms with E-state index in [0.717, 1.165) is 16.6 Å². The van der Waals surface area contributed by atoms with E-state index in [9.17, 15) is 0 Å². The molecule has 0 unspecified atom stereocenters. The van der Waals surface area contributed by atoms with E-state index in [1.807, 2.05) is 31.4 Å². The van der Waals surface area contributed by atoms with Crippen LogP contribution in [0.5, 0.6) is 0 Å². The summed E-state index contributed by atoms with van der Waals surface area (Å²) in [6.45, 7) is 0.660. The van der Waals surface area contributed by atoms with Crippen molar-refractivity contribution in [1.29, 1.82) is 0 Å². The fourth-order valence-corrected chi connectivity index (χ4v) is 1.52. The molecule has 0 aliphatic carbocycles. The van der Waals surface area contributed by atoms with Crippen LogP contribution >= 0.6 is 0 Å². The number of anilines is 1. The van der Waals surface area contributed by atoms with Gasteiger partial charge in [0.15, 0.2) is 0 Å². The summed E-state index contributed by atoms with van der Waals surface area (Å²) in [4.78, 5) is 0. The fourth-order valence-electron chi connectivity index (χ4n) is 1.52. The Kier molecular flexibility index (Phi) is 2.37. The molecule has 0 saturated heterocycles. The minimum absolute atomic E-state index is 0.116. The van der Waals surface area contributed by atoms with Crippen molar-refractivity contribution in [3.05, 3.63) is 24.4 Å². The van der Waals surface area contributed by atoms with Crippen LogP contribution in [0.4, 0.5) is 5.69 Å². The van der Waals surface area contributed by atoms with E-state index < -0.39 is 0 Å². The Morgan fingerprint density at radius 3 is 3.07 bits per heavy atom. The Morgan fingerprint density at radius 1 is 1.50 bits per heavy atom. The van der Waals surface area contributed by atoms with Crippen LogP contribution in [0, 0.1) is 0 Å². The van der Waals surface area contributed by atoms with Crippen molar-refractivity contribution in [2.45, 2.75) is 6.54 Å². The van der Waals surface area contributed by atoms with Crippen LogP contribution in [0.2, 0.25) is 0 Å². The van der Waals surface area contributed by atoms with Gasteiger partial charge in [0.1, 0.15) is 0 Å². The van der Waals surface area contributed by atoms with Crippen molar-refractivity contribution in [2.75, 3.05) is 19.0 Å². The third-order valence-electron chi connectivity index (χ3n) is 2.24. The highest BCUT2D eigenvalue weighted by molar-refractivity contribution is 5.82. The van der Waals surface area contributed by atoms with E-state index in [-0.39, 0.29) is 6.61 Å². The molecule has 0 aliphatic heterocycles. The molecule has 0 saturated carbocycles. The Hall–Kier alpha value is -1.55. The lowest BCUT2D eigenvalue weighted by Crippen LogP contribution is -2.03. The zero-order chi connectivity index (χ0) is 9.97. The minimum Gasteiger partial charge on any atom is -0.394 e. The van der Waals surface area contributed by atoms with E-state index in [1.165, 1.54) is 0 Å². The molecule has 0 radical (unpaired) electrons. The number of aliphatic hydroxyl groups excluding tert-OH is 1. The van der Waals surface area contributed by atoms with Gasteiger partial charge in [-0.15, -0.1) is 0 Å². The van der Waals surface area contributed by atoms with Gasteiger partial charge in [-0.25, -0.2) is 0 Å². The summed E-state index contributed by atoms with van der Waals surface area (Å²) in [5, 5.41) is 17.2. The number of nitrogens with one attached hydrogen (secondary N) is 1. The summed E-state index contributed by atoms with van der Waals surface area (Å²) in [5.41, 5.74) is 2.12. The van der Waals surface area contributed by atoms with Crippen LogP contribution < -0.4 is 5.32 Å². The normalized spacial score (nSPS) is 10.7. The SMILES string of the molecule is CNc1ccc2c(cnn2CCO)c1. The average Bonchev–Trinajstić information content (AvgIpc) is 2.61. The molecule has 4 nitrogen and oxygen atoms in total. The van der Waals surface area contributed by atoms with E-state index in [4.69, 9.17) is 5.11 Å². The van der Waals surface area contributed by atoms with E-state index in [2.05, 4.69) is 10.4 Å². The summed E-state index contributed by atoms with van der Waals surface area (Å²) in [6, 6.07) is 6.04. The molecule has 74 valence electrons. The van der Waals surface area contributed by atoms with E-state index in [0.29, 0.717) is 6.54 Å². The standard InChI is InChI=1S/C10H13N3O/c1-11-9-2-3-10-8(6-9)7-12-13(10)4-5-14/h2-3,6-7,11,14H,4-5H2,1H3. The number of aromatic nitrogens is 2.